The second-order valence-corrected chi connectivity index (χ2v) is 5.72. The number of aryl methyl sites for hydroxylation is 1. The van der Waals surface area contributed by atoms with Crippen LogP contribution >= 0.6 is 0 Å². The van der Waals surface area contributed by atoms with Crippen LogP contribution in [0, 0.1) is 5.82 Å². The Kier molecular flexibility index (Phi) is 3.85. The lowest BCUT2D eigenvalue weighted by molar-refractivity contribution is 0.486. The third-order valence-corrected chi connectivity index (χ3v) is 4.07. The Labute approximate surface area is 139 Å². The zero-order valence-corrected chi connectivity index (χ0v) is 13.1. The van der Waals surface area contributed by atoms with Crippen molar-refractivity contribution < 1.29 is 8.81 Å². The van der Waals surface area contributed by atoms with Crippen LogP contribution in [-0.2, 0) is 13.0 Å². The first kappa shape index (κ1) is 14.7. The molecular weight excluding hydrogens is 305 g/mol. The van der Waals surface area contributed by atoms with Crippen molar-refractivity contribution in [2.45, 2.75) is 19.4 Å². The fraction of sp³-hybridized carbons (Fsp3) is 0.211. The van der Waals surface area contributed by atoms with E-state index in [0.717, 1.165) is 36.5 Å². The first-order valence-corrected chi connectivity index (χ1v) is 7.94. The van der Waals surface area contributed by atoms with Gasteiger partial charge in [0.2, 0.25) is 5.89 Å². The molecule has 0 N–H and O–H groups in total. The second kappa shape index (κ2) is 6.30. The maximum Gasteiger partial charge on any atom is 0.245 e. The van der Waals surface area contributed by atoms with Crippen molar-refractivity contribution in [1.82, 2.24) is 4.98 Å². The summed E-state index contributed by atoms with van der Waals surface area (Å²) < 4.78 is 19.4. The van der Waals surface area contributed by atoms with E-state index in [1.165, 1.54) is 6.07 Å². The van der Waals surface area contributed by atoms with Crippen molar-refractivity contribution in [3.63, 3.8) is 0 Å². The van der Waals surface area contributed by atoms with E-state index in [-0.39, 0.29) is 5.82 Å². The molecule has 1 aromatic carbocycles. The first-order valence-electron chi connectivity index (χ1n) is 7.94. The van der Waals surface area contributed by atoms with Gasteiger partial charge in [-0.1, -0.05) is 6.07 Å². The third kappa shape index (κ3) is 2.94. The van der Waals surface area contributed by atoms with E-state index >= 15 is 0 Å². The van der Waals surface area contributed by atoms with Crippen molar-refractivity contribution in [2.75, 3.05) is 11.4 Å². The SMILES string of the molecule is Fc1cccc(N2CCCc3oc(C4=CC=C=CC=N4)nc3C2)c1. The van der Waals surface area contributed by atoms with E-state index in [2.05, 4.69) is 20.6 Å². The summed E-state index contributed by atoms with van der Waals surface area (Å²) in [6.45, 7) is 1.45. The zero-order valence-electron chi connectivity index (χ0n) is 13.1. The summed E-state index contributed by atoms with van der Waals surface area (Å²) in [6.07, 6.45) is 8.78. The normalized spacial score (nSPS) is 16.5. The van der Waals surface area contributed by atoms with Gasteiger partial charge in [0.15, 0.2) is 0 Å². The number of fused-ring (bicyclic) bond motifs is 1. The van der Waals surface area contributed by atoms with Crippen LogP contribution in [0.4, 0.5) is 10.1 Å². The highest BCUT2D eigenvalue weighted by atomic mass is 19.1. The van der Waals surface area contributed by atoms with E-state index in [1.807, 2.05) is 12.1 Å². The number of anilines is 1. The molecule has 2 aromatic rings. The number of oxazole rings is 1. The largest absolute Gasteiger partial charge is 0.440 e. The summed E-state index contributed by atoms with van der Waals surface area (Å²) in [4.78, 5) is 11.1. The van der Waals surface area contributed by atoms with Gasteiger partial charge in [0.1, 0.15) is 23.0 Å². The van der Waals surface area contributed by atoms with Crippen molar-refractivity contribution in [2.24, 2.45) is 4.99 Å². The molecule has 4 rings (SSSR count). The van der Waals surface area contributed by atoms with Crippen LogP contribution in [0.5, 0.6) is 0 Å². The van der Waals surface area contributed by atoms with Crippen LogP contribution in [0.1, 0.15) is 23.8 Å². The molecule has 4 nitrogen and oxygen atoms in total. The van der Waals surface area contributed by atoms with Gasteiger partial charge in [0.25, 0.3) is 0 Å². The van der Waals surface area contributed by atoms with Crippen LogP contribution in [-0.4, -0.2) is 17.7 Å². The molecule has 0 radical (unpaired) electrons. The van der Waals surface area contributed by atoms with Gasteiger partial charge in [-0.05, 0) is 42.8 Å². The highest BCUT2D eigenvalue weighted by Gasteiger charge is 2.22. The highest BCUT2D eigenvalue weighted by Crippen LogP contribution is 2.27. The predicted molar refractivity (Wildman–Crippen MR) is 91.4 cm³/mol. The first-order chi connectivity index (χ1) is 11.8. The summed E-state index contributed by atoms with van der Waals surface area (Å²) in [5, 5.41) is 0. The molecule has 0 fully saturated rings. The Morgan fingerprint density at radius 3 is 3.12 bits per heavy atom. The van der Waals surface area contributed by atoms with Crippen molar-refractivity contribution in [1.29, 1.82) is 0 Å². The predicted octanol–water partition coefficient (Wildman–Crippen LogP) is 3.90. The number of nitrogens with zero attached hydrogens (tertiary/aromatic N) is 3. The van der Waals surface area contributed by atoms with E-state index in [0.29, 0.717) is 18.1 Å². The monoisotopic (exact) mass is 321 g/mol. The number of hydrogen-bond acceptors (Lipinski definition) is 4. The molecule has 5 heteroatoms. The van der Waals surface area contributed by atoms with Crippen LogP contribution < -0.4 is 4.90 Å². The van der Waals surface area contributed by atoms with E-state index in [4.69, 9.17) is 4.42 Å². The lowest BCUT2D eigenvalue weighted by atomic mass is 10.2. The third-order valence-electron chi connectivity index (χ3n) is 4.07. The quantitative estimate of drug-likeness (QED) is 0.788. The zero-order chi connectivity index (χ0) is 16.4. The Morgan fingerprint density at radius 2 is 2.21 bits per heavy atom. The molecular formula is C19H16FN3O. The summed E-state index contributed by atoms with van der Waals surface area (Å²) >= 11 is 0. The minimum atomic E-state index is -0.227. The molecule has 0 saturated carbocycles. The molecule has 0 saturated heterocycles. The molecule has 1 aromatic heterocycles. The number of allylic oxidation sites excluding steroid dienone is 2. The molecule has 0 amide bonds. The second-order valence-electron chi connectivity index (χ2n) is 5.72. The average Bonchev–Trinajstić information content (AvgIpc) is 2.78. The lowest BCUT2D eigenvalue weighted by Gasteiger charge is -2.22. The number of aliphatic imine (C=N–C) groups is 1. The van der Waals surface area contributed by atoms with Crippen LogP contribution in [0.2, 0.25) is 0 Å². The number of hydrogen-bond donors (Lipinski definition) is 0. The molecule has 0 spiro atoms. The number of benzene rings is 1. The molecule has 0 atom stereocenters. The summed E-state index contributed by atoms with van der Waals surface area (Å²) in [7, 11) is 0. The minimum absolute atomic E-state index is 0.227. The van der Waals surface area contributed by atoms with E-state index in [1.54, 1.807) is 30.5 Å². The fourth-order valence-corrected chi connectivity index (χ4v) is 2.91. The van der Waals surface area contributed by atoms with Crippen molar-refractivity contribution >= 4 is 17.6 Å². The van der Waals surface area contributed by atoms with E-state index < -0.39 is 0 Å². The Hall–Kier alpha value is -2.91. The van der Waals surface area contributed by atoms with E-state index in [9.17, 15) is 4.39 Å². The number of aromatic nitrogens is 1. The molecule has 0 aliphatic carbocycles. The minimum Gasteiger partial charge on any atom is -0.440 e. The molecule has 120 valence electrons. The molecule has 3 heterocycles. The molecule has 0 bridgehead atoms. The van der Waals surface area contributed by atoms with Crippen LogP contribution in [0.15, 0.2) is 57.6 Å². The molecule has 24 heavy (non-hydrogen) atoms. The highest BCUT2D eigenvalue weighted by molar-refractivity contribution is 5.79. The van der Waals surface area contributed by atoms with Crippen molar-refractivity contribution in [3.8, 4) is 0 Å². The summed E-state index contributed by atoms with van der Waals surface area (Å²) in [5.74, 6) is 1.18. The topological polar surface area (TPSA) is 41.6 Å². The van der Waals surface area contributed by atoms with Gasteiger partial charge >= 0.3 is 0 Å². The smallest absolute Gasteiger partial charge is 0.245 e. The van der Waals surface area contributed by atoms with Crippen molar-refractivity contribution in [3.05, 3.63) is 71.4 Å². The fourth-order valence-electron chi connectivity index (χ4n) is 2.91. The number of halogens is 1. The maximum atomic E-state index is 13.5. The van der Waals surface area contributed by atoms with Gasteiger partial charge in [-0.2, -0.15) is 0 Å². The standard InChI is InChI=1S/C19H16FN3O/c20-14-6-4-7-15(12-14)23-11-5-9-18-17(13-23)22-19(24-18)16-8-2-1-3-10-21-16/h2-4,6-8,10,12H,5,9,11,13H2. The number of rotatable bonds is 2. The Bertz CT molecular complexity index is 888. The average molecular weight is 321 g/mol. The molecule has 2 aliphatic rings. The van der Waals surface area contributed by atoms with Gasteiger partial charge < -0.3 is 9.32 Å². The van der Waals surface area contributed by atoms with Crippen LogP contribution in [0.3, 0.4) is 0 Å². The van der Waals surface area contributed by atoms with Gasteiger partial charge in [-0.15, -0.1) is 5.73 Å². The van der Waals surface area contributed by atoms with Gasteiger partial charge in [-0.25, -0.2) is 9.37 Å². The molecule has 2 aliphatic heterocycles. The maximum absolute atomic E-state index is 13.5. The van der Waals surface area contributed by atoms with Gasteiger partial charge in [0.05, 0.1) is 6.54 Å². The van der Waals surface area contributed by atoms with Gasteiger partial charge in [0, 0.05) is 24.9 Å². The molecule has 0 unspecified atom stereocenters. The summed E-state index contributed by atoms with van der Waals surface area (Å²) in [6, 6.07) is 6.67. The van der Waals surface area contributed by atoms with Crippen LogP contribution in [0.25, 0.3) is 5.70 Å². The Morgan fingerprint density at radius 1 is 1.25 bits per heavy atom. The van der Waals surface area contributed by atoms with Gasteiger partial charge in [-0.3, -0.25) is 4.99 Å². The Balaban J connectivity index is 1.63. The summed E-state index contributed by atoms with van der Waals surface area (Å²) in [5.41, 5.74) is 5.41. The lowest BCUT2D eigenvalue weighted by Crippen LogP contribution is -2.22.